The highest BCUT2D eigenvalue weighted by atomic mass is 32.2. The highest BCUT2D eigenvalue weighted by Gasteiger charge is 2.19. The van der Waals surface area contributed by atoms with Crippen molar-refractivity contribution in [1.29, 1.82) is 0 Å². The highest BCUT2D eigenvalue weighted by molar-refractivity contribution is 7.89. The monoisotopic (exact) mass is 390 g/mol. The molecule has 0 bridgehead atoms. The summed E-state index contributed by atoms with van der Waals surface area (Å²) >= 11 is 0. The Morgan fingerprint density at radius 1 is 1.15 bits per heavy atom. The van der Waals surface area contributed by atoms with Gasteiger partial charge in [0.2, 0.25) is 10.0 Å². The van der Waals surface area contributed by atoms with Crippen LogP contribution in [-0.2, 0) is 10.0 Å². The maximum absolute atomic E-state index is 12.3. The lowest BCUT2D eigenvalue weighted by Crippen LogP contribution is -2.25. The maximum atomic E-state index is 12.3. The van der Waals surface area contributed by atoms with Crippen LogP contribution in [-0.4, -0.2) is 33.6 Å². The molecule has 0 saturated carbocycles. The van der Waals surface area contributed by atoms with Gasteiger partial charge in [-0.1, -0.05) is 30.0 Å². The summed E-state index contributed by atoms with van der Waals surface area (Å²) in [5.74, 6) is 6.43. The van der Waals surface area contributed by atoms with Gasteiger partial charge in [0.25, 0.3) is 5.69 Å². The number of sulfonamides is 1. The molecule has 9 heteroatoms. The predicted molar refractivity (Wildman–Crippen MR) is 99.3 cm³/mol. The number of ether oxygens (including phenoxy) is 2. The molecule has 27 heavy (non-hydrogen) atoms. The highest BCUT2D eigenvalue weighted by Crippen LogP contribution is 2.25. The van der Waals surface area contributed by atoms with Crippen LogP contribution in [0.4, 0.5) is 5.69 Å². The number of para-hydroxylation sites is 2. The van der Waals surface area contributed by atoms with Crippen LogP contribution in [0.1, 0.15) is 5.56 Å². The van der Waals surface area contributed by atoms with Gasteiger partial charge in [-0.05, 0) is 24.6 Å². The lowest BCUT2D eigenvalue weighted by atomic mass is 10.2. The third kappa shape index (κ3) is 5.44. The van der Waals surface area contributed by atoms with E-state index in [1.807, 2.05) is 6.07 Å². The fourth-order valence-electron chi connectivity index (χ4n) is 2.17. The number of nitro groups is 1. The summed E-state index contributed by atoms with van der Waals surface area (Å²) in [6.07, 6.45) is 0. The van der Waals surface area contributed by atoms with Crippen molar-refractivity contribution in [3.05, 3.63) is 58.1 Å². The number of rotatable bonds is 7. The second kappa shape index (κ2) is 9.02. The molecule has 0 heterocycles. The van der Waals surface area contributed by atoms with Crippen molar-refractivity contribution >= 4 is 15.7 Å². The zero-order valence-electron chi connectivity index (χ0n) is 14.8. The quantitative estimate of drug-likeness (QED) is 0.441. The molecule has 2 aromatic rings. The molecule has 0 saturated heterocycles. The zero-order valence-corrected chi connectivity index (χ0v) is 15.6. The van der Waals surface area contributed by atoms with Gasteiger partial charge in [-0.2, -0.15) is 4.72 Å². The SMILES string of the molecule is COc1ccccc1OCC#CCNS(=O)(=O)c1cc([N+](=O)[O-])ccc1C. The van der Waals surface area contributed by atoms with E-state index in [-0.39, 0.29) is 23.7 Å². The molecule has 1 N–H and O–H groups in total. The van der Waals surface area contributed by atoms with Gasteiger partial charge in [-0.25, -0.2) is 8.42 Å². The normalized spacial score (nSPS) is 10.6. The first-order chi connectivity index (χ1) is 12.8. The summed E-state index contributed by atoms with van der Waals surface area (Å²) < 4.78 is 37.5. The molecule has 0 amide bonds. The fraction of sp³-hybridized carbons (Fsp3) is 0.222. The van der Waals surface area contributed by atoms with Gasteiger partial charge in [0, 0.05) is 12.1 Å². The molecule has 0 aliphatic heterocycles. The number of methoxy groups -OCH3 is 1. The van der Waals surface area contributed by atoms with Crippen LogP contribution in [0.3, 0.4) is 0 Å². The van der Waals surface area contributed by atoms with Crippen molar-refractivity contribution < 1.29 is 22.8 Å². The number of aryl methyl sites for hydroxylation is 1. The standard InChI is InChI=1S/C18H18N2O6S/c1-14-9-10-15(20(21)22)13-18(14)27(23,24)19-11-5-6-12-26-17-8-4-3-7-16(17)25-2/h3-4,7-10,13,19H,11-12H2,1-2H3. The number of hydrogen-bond acceptors (Lipinski definition) is 6. The second-order valence-corrected chi connectivity index (χ2v) is 7.06. The van der Waals surface area contributed by atoms with Gasteiger partial charge in [-0.3, -0.25) is 10.1 Å². The molecule has 0 unspecified atom stereocenters. The van der Waals surface area contributed by atoms with Crippen molar-refractivity contribution in [2.75, 3.05) is 20.3 Å². The lowest BCUT2D eigenvalue weighted by Gasteiger charge is -2.07. The number of non-ortho nitro benzene ring substituents is 1. The van der Waals surface area contributed by atoms with Crippen LogP contribution in [0, 0.1) is 28.9 Å². The largest absolute Gasteiger partial charge is 0.493 e. The predicted octanol–water partition coefficient (Wildman–Crippen LogP) is 2.27. The first-order valence-corrected chi connectivity index (χ1v) is 9.29. The average Bonchev–Trinajstić information content (AvgIpc) is 2.64. The van der Waals surface area contributed by atoms with Gasteiger partial charge in [0.1, 0.15) is 6.61 Å². The first-order valence-electron chi connectivity index (χ1n) is 7.81. The summed E-state index contributed by atoms with van der Waals surface area (Å²) in [7, 11) is -2.39. The first kappa shape index (κ1) is 20.2. The third-order valence-electron chi connectivity index (χ3n) is 3.52. The summed E-state index contributed by atoms with van der Waals surface area (Å²) in [5, 5.41) is 10.8. The van der Waals surface area contributed by atoms with Gasteiger partial charge in [0.15, 0.2) is 11.5 Å². The molecule has 2 rings (SSSR count). The average molecular weight is 390 g/mol. The van der Waals surface area contributed by atoms with Crippen LogP contribution >= 0.6 is 0 Å². The smallest absolute Gasteiger partial charge is 0.270 e. The van der Waals surface area contributed by atoms with E-state index in [1.54, 1.807) is 25.1 Å². The fourth-order valence-corrected chi connectivity index (χ4v) is 3.35. The van der Waals surface area contributed by atoms with Crippen LogP contribution < -0.4 is 14.2 Å². The molecule has 0 aromatic heterocycles. The van der Waals surface area contributed by atoms with E-state index in [4.69, 9.17) is 9.47 Å². The van der Waals surface area contributed by atoms with E-state index >= 15 is 0 Å². The molecule has 142 valence electrons. The van der Waals surface area contributed by atoms with Crippen molar-refractivity contribution in [2.45, 2.75) is 11.8 Å². The molecular formula is C18H18N2O6S. The van der Waals surface area contributed by atoms with Crippen molar-refractivity contribution in [2.24, 2.45) is 0 Å². The molecular weight excluding hydrogens is 372 g/mol. The van der Waals surface area contributed by atoms with E-state index in [9.17, 15) is 18.5 Å². The van der Waals surface area contributed by atoms with Gasteiger partial charge >= 0.3 is 0 Å². The number of benzene rings is 2. The molecule has 2 aromatic carbocycles. The Morgan fingerprint density at radius 3 is 2.52 bits per heavy atom. The number of nitro benzene ring substituents is 1. The van der Waals surface area contributed by atoms with Crippen molar-refractivity contribution in [1.82, 2.24) is 4.72 Å². The second-order valence-electron chi connectivity index (χ2n) is 5.32. The van der Waals surface area contributed by atoms with Crippen LogP contribution in [0.2, 0.25) is 0 Å². The maximum Gasteiger partial charge on any atom is 0.270 e. The molecule has 8 nitrogen and oxygen atoms in total. The number of nitrogens with one attached hydrogen (secondary N) is 1. The summed E-state index contributed by atoms with van der Waals surface area (Å²) in [4.78, 5) is 10.0. The van der Waals surface area contributed by atoms with Gasteiger partial charge in [0.05, 0.1) is 23.5 Å². The minimum Gasteiger partial charge on any atom is -0.493 e. The summed E-state index contributed by atoms with van der Waals surface area (Å²) in [6, 6.07) is 10.7. The summed E-state index contributed by atoms with van der Waals surface area (Å²) in [5.41, 5.74) is 0.109. The lowest BCUT2D eigenvalue weighted by molar-refractivity contribution is -0.385. The van der Waals surface area contributed by atoms with Gasteiger partial charge < -0.3 is 9.47 Å². The minimum absolute atomic E-state index is 0.0535. The molecule has 0 fully saturated rings. The van der Waals surface area contributed by atoms with Crippen LogP contribution in [0.5, 0.6) is 11.5 Å². The third-order valence-corrected chi connectivity index (χ3v) is 5.06. The Kier molecular flexibility index (Phi) is 6.76. The number of nitrogens with zero attached hydrogens (tertiary/aromatic N) is 1. The zero-order chi connectivity index (χ0) is 19.9. The van der Waals surface area contributed by atoms with E-state index in [0.29, 0.717) is 17.1 Å². The van der Waals surface area contributed by atoms with Crippen molar-refractivity contribution in [3.8, 4) is 23.3 Å². The van der Waals surface area contributed by atoms with E-state index < -0.39 is 14.9 Å². The molecule has 0 aliphatic carbocycles. The Balaban J connectivity index is 1.96. The van der Waals surface area contributed by atoms with Crippen LogP contribution in [0.15, 0.2) is 47.4 Å². The van der Waals surface area contributed by atoms with Crippen molar-refractivity contribution in [3.63, 3.8) is 0 Å². The number of hydrogen-bond donors (Lipinski definition) is 1. The topological polar surface area (TPSA) is 108 Å². The van der Waals surface area contributed by atoms with Crippen LogP contribution in [0.25, 0.3) is 0 Å². The minimum atomic E-state index is -3.91. The Hall–Kier alpha value is -3.09. The molecule has 0 radical (unpaired) electrons. The molecule has 0 aliphatic rings. The van der Waals surface area contributed by atoms with E-state index in [2.05, 4.69) is 16.6 Å². The Morgan fingerprint density at radius 2 is 1.85 bits per heavy atom. The molecule has 0 atom stereocenters. The summed E-state index contributed by atoms with van der Waals surface area (Å²) in [6.45, 7) is 1.46. The van der Waals surface area contributed by atoms with E-state index in [0.717, 1.165) is 6.07 Å². The van der Waals surface area contributed by atoms with Gasteiger partial charge in [-0.15, -0.1) is 0 Å². The Bertz CT molecular complexity index is 992. The molecule has 0 spiro atoms. The van der Waals surface area contributed by atoms with E-state index in [1.165, 1.54) is 19.2 Å². The Labute approximate surface area is 157 Å².